The van der Waals surface area contributed by atoms with Gasteiger partial charge in [-0.2, -0.15) is 4.99 Å². The molecule has 0 aliphatic rings. The lowest BCUT2D eigenvalue weighted by molar-refractivity contribution is 0.580. The van der Waals surface area contributed by atoms with E-state index in [9.17, 15) is 0 Å². The quantitative estimate of drug-likeness (QED) is 0.593. The van der Waals surface area contributed by atoms with Crippen molar-refractivity contribution in [2.75, 3.05) is 0 Å². The van der Waals surface area contributed by atoms with Gasteiger partial charge in [-0.1, -0.05) is 47.0 Å². The van der Waals surface area contributed by atoms with Crippen LogP contribution in [0.15, 0.2) is 64.0 Å². The number of benzene rings is 2. The second-order valence-electron chi connectivity index (χ2n) is 4.26. The summed E-state index contributed by atoms with van der Waals surface area (Å²) in [5.41, 5.74) is 7.46. The van der Waals surface area contributed by atoms with Crippen molar-refractivity contribution in [1.82, 2.24) is 10.2 Å². The summed E-state index contributed by atoms with van der Waals surface area (Å²) in [6.45, 7) is 0. The van der Waals surface area contributed by atoms with Gasteiger partial charge in [-0.15, -0.1) is 5.10 Å². The molecule has 6 heteroatoms. The fraction of sp³-hybridized carbons (Fsp3) is 0. The van der Waals surface area contributed by atoms with Gasteiger partial charge in [0.2, 0.25) is 5.89 Å². The molecule has 0 unspecified atom stereocenters. The Bertz CT molecular complexity index is 766. The van der Waals surface area contributed by atoms with Crippen LogP contribution >= 0.6 is 11.6 Å². The van der Waals surface area contributed by atoms with Crippen LogP contribution in [0.25, 0.3) is 11.5 Å². The Balaban J connectivity index is 1.87. The average molecular weight is 299 g/mol. The number of nitrogens with zero attached hydrogens (tertiary/aromatic N) is 3. The molecule has 1 heterocycles. The molecule has 0 saturated carbocycles. The maximum Gasteiger partial charge on any atom is 0.344 e. The molecule has 1 aromatic heterocycles. The van der Waals surface area contributed by atoms with E-state index in [4.69, 9.17) is 21.8 Å². The summed E-state index contributed by atoms with van der Waals surface area (Å²) in [6.07, 6.45) is 0. The van der Waals surface area contributed by atoms with Crippen molar-refractivity contribution in [3.8, 4) is 11.5 Å². The number of aromatic nitrogens is 2. The number of amidine groups is 1. The van der Waals surface area contributed by atoms with E-state index in [-0.39, 0.29) is 6.01 Å². The van der Waals surface area contributed by atoms with Crippen molar-refractivity contribution in [2.24, 2.45) is 10.7 Å². The molecule has 0 bridgehead atoms. The predicted molar refractivity (Wildman–Crippen MR) is 81.6 cm³/mol. The highest BCUT2D eigenvalue weighted by molar-refractivity contribution is 6.30. The van der Waals surface area contributed by atoms with Crippen molar-refractivity contribution in [3.05, 3.63) is 65.2 Å². The van der Waals surface area contributed by atoms with Crippen LogP contribution in [0.2, 0.25) is 5.02 Å². The van der Waals surface area contributed by atoms with Gasteiger partial charge in [-0.05, 0) is 24.3 Å². The SMILES string of the molecule is NC(=Nc1nnc(-c2ccc(Cl)cc2)o1)c1ccccc1. The Morgan fingerprint density at radius 2 is 1.71 bits per heavy atom. The van der Waals surface area contributed by atoms with Crippen LogP contribution in [0.4, 0.5) is 6.01 Å². The summed E-state index contributed by atoms with van der Waals surface area (Å²) < 4.78 is 5.47. The molecule has 0 amide bonds. The third-order valence-corrected chi connectivity index (χ3v) is 3.04. The molecule has 0 saturated heterocycles. The van der Waals surface area contributed by atoms with E-state index < -0.39 is 0 Å². The van der Waals surface area contributed by atoms with Gasteiger partial charge in [0.05, 0.1) is 0 Å². The van der Waals surface area contributed by atoms with E-state index >= 15 is 0 Å². The molecule has 5 nitrogen and oxygen atoms in total. The molecule has 3 aromatic rings. The summed E-state index contributed by atoms with van der Waals surface area (Å²) in [4.78, 5) is 4.12. The smallest absolute Gasteiger partial charge is 0.344 e. The zero-order valence-corrected chi connectivity index (χ0v) is 11.7. The van der Waals surface area contributed by atoms with Crippen molar-refractivity contribution < 1.29 is 4.42 Å². The van der Waals surface area contributed by atoms with Crippen LogP contribution < -0.4 is 5.73 Å². The van der Waals surface area contributed by atoms with E-state index in [0.29, 0.717) is 16.7 Å². The van der Waals surface area contributed by atoms with Crippen molar-refractivity contribution in [2.45, 2.75) is 0 Å². The first-order chi connectivity index (χ1) is 10.2. The Morgan fingerprint density at radius 3 is 2.43 bits per heavy atom. The average Bonchev–Trinajstić information content (AvgIpc) is 2.97. The number of aliphatic imine (C=N–C) groups is 1. The maximum atomic E-state index is 5.90. The van der Waals surface area contributed by atoms with Gasteiger partial charge >= 0.3 is 6.01 Å². The molecule has 0 aliphatic carbocycles. The molecule has 21 heavy (non-hydrogen) atoms. The Hall–Kier alpha value is -2.66. The van der Waals surface area contributed by atoms with Crippen LogP contribution in [-0.2, 0) is 0 Å². The van der Waals surface area contributed by atoms with Gasteiger partial charge in [-0.3, -0.25) is 0 Å². The van der Waals surface area contributed by atoms with Gasteiger partial charge in [0.25, 0.3) is 0 Å². The first kappa shape index (κ1) is 13.3. The van der Waals surface area contributed by atoms with E-state index in [0.717, 1.165) is 11.1 Å². The number of rotatable bonds is 3. The third-order valence-electron chi connectivity index (χ3n) is 2.79. The van der Waals surface area contributed by atoms with Gasteiger partial charge < -0.3 is 10.2 Å². The topological polar surface area (TPSA) is 77.3 Å². The highest BCUT2D eigenvalue weighted by Crippen LogP contribution is 2.23. The van der Waals surface area contributed by atoms with Crippen LogP contribution in [0.3, 0.4) is 0 Å². The number of hydrogen-bond donors (Lipinski definition) is 1. The highest BCUT2D eigenvalue weighted by Gasteiger charge is 2.08. The van der Waals surface area contributed by atoms with E-state index in [1.807, 2.05) is 30.3 Å². The summed E-state index contributed by atoms with van der Waals surface area (Å²) in [5.74, 6) is 0.688. The lowest BCUT2D eigenvalue weighted by Crippen LogP contribution is -2.12. The zero-order valence-electron chi connectivity index (χ0n) is 10.9. The van der Waals surface area contributed by atoms with E-state index in [2.05, 4.69) is 15.2 Å². The summed E-state index contributed by atoms with van der Waals surface area (Å²) in [5, 5.41) is 8.45. The summed E-state index contributed by atoms with van der Waals surface area (Å²) in [7, 11) is 0. The summed E-state index contributed by atoms with van der Waals surface area (Å²) in [6, 6.07) is 16.6. The normalized spacial score (nSPS) is 11.6. The fourth-order valence-electron chi connectivity index (χ4n) is 1.75. The van der Waals surface area contributed by atoms with Crippen molar-refractivity contribution in [3.63, 3.8) is 0 Å². The lowest BCUT2D eigenvalue weighted by Gasteiger charge is -1.97. The van der Waals surface area contributed by atoms with Gasteiger partial charge in [-0.25, -0.2) is 0 Å². The molecule has 2 N–H and O–H groups in total. The monoisotopic (exact) mass is 298 g/mol. The number of nitrogens with two attached hydrogens (primary N) is 1. The Morgan fingerprint density at radius 1 is 1.00 bits per heavy atom. The lowest BCUT2D eigenvalue weighted by atomic mass is 10.2. The third kappa shape index (κ3) is 3.09. The van der Waals surface area contributed by atoms with Crippen molar-refractivity contribution >= 4 is 23.5 Å². The summed E-state index contributed by atoms with van der Waals surface area (Å²) >= 11 is 5.84. The fourth-order valence-corrected chi connectivity index (χ4v) is 1.87. The Kier molecular flexibility index (Phi) is 3.66. The minimum Gasteiger partial charge on any atom is -0.402 e. The minimum absolute atomic E-state index is 0.112. The van der Waals surface area contributed by atoms with Crippen molar-refractivity contribution in [1.29, 1.82) is 0 Å². The molecular formula is C15H11ClN4O. The molecular weight excluding hydrogens is 288 g/mol. The van der Waals surface area contributed by atoms with E-state index in [1.165, 1.54) is 0 Å². The number of hydrogen-bond acceptors (Lipinski definition) is 4. The second kappa shape index (κ2) is 5.76. The molecule has 0 atom stereocenters. The molecule has 0 spiro atoms. The molecule has 0 aliphatic heterocycles. The Labute approximate surface area is 126 Å². The highest BCUT2D eigenvalue weighted by atomic mass is 35.5. The van der Waals surface area contributed by atoms with Gasteiger partial charge in [0.15, 0.2) is 0 Å². The molecule has 0 fully saturated rings. The molecule has 2 aromatic carbocycles. The molecule has 3 rings (SSSR count). The zero-order chi connectivity index (χ0) is 14.7. The number of halogens is 1. The largest absolute Gasteiger partial charge is 0.402 e. The minimum atomic E-state index is 0.112. The van der Waals surface area contributed by atoms with E-state index in [1.54, 1.807) is 24.3 Å². The van der Waals surface area contributed by atoms with Crippen LogP contribution in [0.1, 0.15) is 5.56 Å². The molecule has 0 radical (unpaired) electrons. The standard InChI is InChI=1S/C15H11ClN4O/c16-12-8-6-11(7-9-12)14-19-20-15(21-14)18-13(17)10-4-2-1-3-5-10/h1-9H,(H2,17,18,20). The van der Waals surface area contributed by atoms with Crippen LogP contribution in [0.5, 0.6) is 0 Å². The first-order valence-corrected chi connectivity index (χ1v) is 6.59. The molecule has 104 valence electrons. The predicted octanol–water partition coefficient (Wildman–Crippen LogP) is 3.43. The second-order valence-corrected chi connectivity index (χ2v) is 4.70. The maximum absolute atomic E-state index is 5.90. The first-order valence-electron chi connectivity index (χ1n) is 6.21. The van der Waals surface area contributed by atoms with Crippen LogP contribution in [-0.4, -0.2) is 16.0 Å². The van der Waals surface area contributed by atoms with Gasteiger partial charge in [0, 0.05) is 16.1 Å². The van der Waals surface area contributed by atoms with Crippen LogP contribution in [0, 0.1) is 0 Å². The van der Waals surface area contributed by atoms with Gasteiger partial charge in [0.1, 0.15) is 5.84 Å².